The maximum Gasteiger partial charge on any atom is 0.255 e. The van der Waals surface area contributed by atoms with Gasteiger partial charge in [0.1, 0.15) is 12.4 Å². The highest BCUT2D eigenvalue weighted by Crippen LogP contribution is 2.42. The molecule has 0 spiro atoms. The number of aromatic nitrogens is 3. The van der Waals surface area contributed by atoms with E-state index in [-0.39, 0.29) is 5.91 Å². The van der Waals surface area contributed by atoms with Crippen LogP contribution >= 0.6 is 15.9 Å². The fraction of sp³-hybridized carbons (Fsp3) is 0.227. The number of rotatable bonds is 5. The minimum absolute atomic E-state index is 0.231. The Morgan fingerprint density at radius 2 is 1.90 bits per heavy atom. The number of benzene rings is 2. The Labute approximate surface area is 188 Å². The zero-order chi connectivity index (χ0) is 22.1. The van der Waals surface area contributed by atoms with Gasteiger partial charge in [-0.1, -0.05) is 17.7 Å². The zero-order valence-electron chi connectivity index (χ0n) is 17.6. The summed E-state index contributed by atoms with van der Waals surface area (Å²) in [5, 5.41) is 10.5. The molecule has 1 aliphatic rings. The van der Waals surface area contributed by atoms with E-state index in [2.05, 4.69) is 36.6 Å². The van der Waals surface area contributed by atoms with Gasteiger partial charge in [-0.3, -0.25) is 4.79 Å². The number of fused-ring (bicyclic) bond motifs is 1. The van der Waals surface area contributed by atoms with Gasteiger partial charge in [-0.15, -0.1) is 0 Å². The van der Waals surface area contributed by atoms with Crippen LogP contribution in [0.1, 0.15) is 24.1 Å². The maximum absolute atomic E-state index is 13.4. The Kier molecular flexibility index (Phi) is 5.69. The van der Waals surface area contributed by atoms with Crippen molar-refractivity contribution < 1.29 is 14.3 Å². The second kappa shape index (κ2) is 8.43. The van der Waals surface area contributed by atoms with Crippen LogP contribution in [0.5, 0.6) is 11.5 Å². The Hall–Kier alpha value is -3.33. The van der Waals surface area contributed by atoms with E-state index in [1.54, 1.807) is 18.9 Å². The summed E-state index contributed by atoms with van der Waals surface area (Å²) in [7, 11) is 3.15. The van der Waals surface area contributed by atoms with Gasteiger partial charge >= 0.3 is 0 Å². The number of allylic oxidation sites excluding steroid dienone is 1. The molecule has 1 aliphatic heterocycles. The number of hydrogen-bond acceptors (Lipinski definition) is 6. The van der Waals surface area contributed by atoms with Crippen LogP contribution in [-0.2, 0) is 4.79 Å². The molecule has 2 N–H and O–H groups in total. The second-order valence-corrected chi connectivity index (χ2v) is 8.01. The van der Waals surface area contributed by atoms with E-state index in [1.807, 2.05) is 50.2 Å². The molecule has 1 atom stereocenters. The lowest BCUT2D eigenvalue weighted by atomic mass is 9.94. The first-order valence-electron chi connectivity index (χ1n) is 9.59. The third kappa shape index (κ3) is 3.88. The van der Waals surface area contributed by atoms with Crippen LogP contribution in [-0.4, -0.2) is 34.9 Å². The molecule has 8 nitrogen and oxygen atoms in total. The molecule has 31 heavy (non-hydrogen) atoms. The predicted octanol–water partition coefficient (Wildman–Crippen LogP) is 4.29. The van der Waals surface area contributed by atoms with E-state index in [0.29, 0.717) is 38.9 Å². The lowest BCUT2D eigenvalue weighted by Gasteiger charge is -2.29. The highest BCUT2D eigenvalue weighted by molar-refractivity contribution is 9.10. The lowest BCUT2D eigenvalue weighted by Crippen LogP contribution is -2.31. The lowest BCUT2D eigenvalue weighted by molar-refractivity contribution is -0.113. The van der Waals surface area contributed by atoms with Gasteiger partial charge in [-0.05, 0) is 59.6 Å². The number of hydrogen-bond donors (Lipinski definition) is 2. The fourth-order valence-corrected chi connectivity index (χ4v) is 4.25. The van der Waals surface area contributed by atoms with Crippen molar-refractivity contribution in [3.8, 4) is 11.5 Å². The van der Waals surface area contributed by atoms with Gasteiger partial charge in [0.15, 0.2) is 11.5 Å². The third-order valence-corrected chi connectivity index (χ3v) is 5.71. The number of methoxy groups -OCH3 is 2. The van der Waals surface area contributed by atoms with E-state index in [4.69, 9.17) is 9.47 Å². The Morgan fingerprint density at radius 3 is 2.58 bits per heavy atom. The van der Waals surface area contributed by atoms with Crippen molar-refractivity contribution in [2.24, 2.45) is 0 Å². The van der Waals surface area contributed by atoms with Crippen LogP contribution in [0.4, 0.5) is 11.6 Å². The summed E-state index contributed by atoms with van der Waals surface area (Å²) in [5.74, 6) is 1.44. The molecule has 0 fully saturated rings. The predicted molar refractivity (Wildman–Crippen MR) is 122 cm³/mol. The highest BCUT2D eigenvalue weighted by atomic mass is 79.9. The summed E-state index contributed by atoms with van der Waals surface area (Å²) in [6.45, 7) is 3.85. The van der Waals surface area contributed by atoms with Crippen LogP contribution in [0, 0.1) is 6.92 Å². The fourth-order valence-electron chi connectivity index (χ4n) is 3.62. The molecule has 1 amide bonds. The van der Waals surface area contributed by atoms with Crippen LogP contribution in [0.3, 0.4) is 0 Å². The molecular formula is C22H22BrN5O3. The maximum atomic E-state index is 13.4. The topological polar surface area (TPSA) is 90.3 Å². The quantitative estimate of drug-likeness (QED) is 0.562. The third-order valence-electron chi connectivity index (χ3n) is 5.12. The van der Waals surface area contributed by atoms with E-state index < -0.39 is 6.04 Å². The molecular weight excluding hydrogens is 462 g/mol. The standard InChI is InChI=1S/C22H22BrN5O3/c1-12-5-7-15(8-6-12)27-21(29)18-13(2)26-22-24-11-25-28(22)19(18)14-9-16(23)20(31-4)17(10-14)30-3/h5-11,19H,1-4H3,(H,27,29)(H,24,25,26). The van der Waals surface area contributed by atoms with Crippen molar-refractivity contribution in [3.63, 3.8) is 0 Å². The van der Waals surface area contributed by atoms with Crippen LogP contribution < -0.4 is 20.1 Å². The number of carbonyl (C=O) groups is 1. The van der Waals surface area contributed by atoms with Crippen molar-refractivity contribution in [1.82, 2.24) is 14.8 Å². The molecule has 1 unspecified atom stereocenters. The summed E-state index contributed by atoms with van der Waals surface area (Å²) < 4.78 is 13.3. The molecule has 3 aromatic rings. The smallest absolute Gasteiger partial charge is 0.255 e. The first-order valence-corrected chi connectivity index (χ1v) is 10.4. The van der Waals surface area contributed by atoms with Gasteiger partial charge < -0.3 is 20.1 Å². The Morgan fingerprint density at radius 1 is 1.16 bits per heavy atom. The van der Waals surface area contributed by atoms with Crippen LogP contribution in [0.25, 0.3) is 0 Å². The van der Waals surface area contributed by atoms with Crippen LogP contribution in [0.2, 0.25) is 0 Å². The van der Waals surface area contributed by atoms with Crippen molar-refractivity contribution >= 4 is 33.5 Å². The summed E-state index contributed by atoms with van der Waals surface area (Å²) >= 11 is 3.55. The summed E-state index contributed by atoms with van der Waals surface area (Å²) in [4.78, 5) is 17.7. The largest absolute Gasteiger partial charge is 0.493 e. The highest BCUT2D eigenvalue weighted by Gasteiger charge is 2.34. The first kappa shape index (κ1) is 20.9. The molecule has 0 saturated carbocycles. The normalized spacial score (nSPS) is 15.2. The van der Waals surface area contributed by atoms with Gasteiger partial charge in [0, 0.05) is 11.4 Å². The summed E-state index contributed by atoms with van der Waals surface area (Å²) in [6.07, 6.45) is 1.46. The van der Waals surface area contributed by atoms with E-state index in [1.165, 1.54) is 6.33 Å². The number of nitrogens with zero attached hydrogens (tertiary/aromatic N) is 3. The average Bonchev–Trinajstić information content (AvgIpc) is 3.21. The van der Waals surface area contributed by atoms with Crippen molar-refractivity contribution in [3.05, 3.63) is 69.6 Å². The van der Waals surface area contributed by atoms with Gasteiger partial charge in [-0.2, -0.15) is 10.1 Å². The summed E-state index contributed by atoms with van der Waals surface area (Å²) in [6, 6.07) is 10.9. The Bertz CT molecular complexity index is 1170. The minimum Gasteiger partial charge on any atom is -0.493 e. The SMILES string of the molecule is COc1cc(C2C(C(=O)Nc3ccc(C)cc3)=C(C)Nc3ncnn32)cc(Br)c1OC. The number of nitrogens with one attached hydrogen (secondary N) is 2. The van der Waals surface area contributed by atoms with Crippen molar-refractivity contribution in [2.45, 2.75) is 19.9 Å². The molecule has 160 valence electrons. The first-order chi connectivity index (χ1) is 14.9. The molecule has 1 aromatic heterocycles. The summed E-state index contributed by atoms with van der Waals surface area (Å²) in [5.41, 5.74) is 3.85. The molecule has 9 heteroatoms. The molecule has 2 heterocycles. The molecule has 0 saturated heterocycles. The van der Waals surface area contributed by atoms with Crippen molar-refractivity contribution in [1.29, 1.82) is 0 Å². The molecule has 4 rings (SSSR count). The zero-order valence-corrected chi connectivity index (χ0v) is 19.1. The van der Waals surface area contributed by atoms with E-state index >= 15 is 0 Å². The average molecular weight is 484 g/mol. The number of anilines is 2. The molecule has 0 radical (unpaired) electrons. The Balaban J connectivity index is 1.81. The molecule has 2 aromatic carbocycles. The second-order valence-electron chi connectivity index (χ2n) is 7.15. The number of halogens is 1. The van der Waals surface area contributed by atoms with Gasteiger partial charge in [-0.25, -0.2) is 4.68 Å². The number of aryl methyl sites for hydroxylation is 1. The minimum atomic E-state index is -0.514. The number of amides is 1. The monoisotopic (exact) mass is 483 g/mol. The van der Waals surface area contributed by atoms with Gasteiger partial charge in [0.25, 0.3) is 5.91 Å². The number of ether oxygens (including phenoxy) is 2. The molecule has 0 aliphatic carbocycles. The molecule has 0 bridgehead atoms. The van der Waals surface area contributed by atoms with E-state index in [9.17, 15) is 4.79 Å². The van der Waals surface area contributed by atoms with E-state index in [0.717, 1.165) is 11.1 Å². The van der Waals surface area contributed by atoms with Gasteiger partial charge in [0.2, 0.25) is 5.95 Å². The van der Waals surface area contributed by atoms with Gasteiger partial charge in [0.05, 0.1) is 24.3 Å². The number of carbonyl (C=O) groups excluding carboxylic acids is 1. The van der Waals surface area contributed by atoms with Crippen LogP contribution in [0.15, 0.2) is 58.5 Å². The van der Waals surface area contributed by atoms with Crippen molar-refractivity contribution in [2.75, 3.05) is 24.9 Å².